The predicted molar refractivity (Wildman–Crippen MR) is 104 cm³/mol. The lowest BCUT2D eigenvalue weighted by atomic mass is 9.48. The summed E-state index contributed by atoms with van der Waals surface area (Å²) in [7, 11) is 0. The van der Waals surface area contributed by atoms with Gasteiger partial charge in [-0.3, -0.25) is 4.79 Å². The number of carbonyl (C=O) groups excluding carboxylic acids is 1. The van der Waals surface area contributed by atoms with Crippen molar-refractivity contribution in [3.63, 3.8) is 0 Å². The Morgan fingerprint density at radius 3 is 2.62 bits per heavy atom. The van der Waals surface area contributed by atoms with Crippen LogP contribution in [0.3, 0.4) is 0 Å². The lowest BCUT2D eigenvalue weighted by Crippen LogP contribution is -2.52. The molecule has 4 aliphatic carbocycles. The molecular formula is C24H36O2. The van der Waals surface area contributed by atoms with Crippen LogP contribution in [-0.2, 0) is 4.79 Å². The molecule has 0 aromatic rings. The minimum atomic E-state index is -0.129. The molecule has 2 nitrogen and oxygen atoms in total. The maximum absolute atomic E-state index is 12.1. The first-order valence-corrected chi connectivity index (χ1v) is 10.9. The highest BCUT2D eigenvalue weighted by Gasteiger charge is 2.59. The lowest BCUT2D eigenvalue weighted by molar-refractivity contribution is -0.130. The summed E-state index contributed by atoms with van der Waals surface area (Å²) in [5.41, 5.74) is 0.127. The third kappa shape index (κ3) is 3.05. The molecule has 8 atom stereocenters. The summed E-state index contributed by atoms with van der Waals surface area (Å²) in [6.07, 6.45) is 8.22. The Labute approximate surface area is 159 Å². The average molecular weight is 357 g/mol. The van der Waals surface area contributed by atoms with E-state index in [1.807, 2.05) is 0 Å². The van der Waals surface area contributed by atoms with Gasteiger partial charge < -0.3 is 5.11 Å². The van der Waals surface area contributed by atoms with Gasteiger partial charge in [0.2, 0.25) is 0 Å². The second-order valence-corrected chi connectivity index (χ2v) is 11.1. The molecule has 26 heavy (non-hydrogen) atoms. The molecule has 4 fully saturated rings. The van der Waals surface area contributed by atoms with E-state index in [9.17, 15) is 9.90 Å². The fraction of sp³-hybridized carbons (Fsp3) is 0.875. The van der Waals surface area contributed by atoms with Crippen molar-refractivity contribution in [2.45, 2.75) is 85.2 Å². The highest BCUT2D eigenvalue weighted by molar-refractivity contribution is 5.79. The molecule has 0 saturated heterocycles. The van der Waals surface area contributed by atoms with Gasteiger partial charge in [-0.1, -0.05) is 18.8 Å². The summed E-state index contributed by atoms with van der Waals surface area (Å²) in [6.45, 7) is 8.92. The Kier molecular flexibility index (Phi) is 4.54. The molecule has 4 rings (SSSR count). The molecule has 1 N–H and O–H groups in total. The summed E-state index contributed by atoms with van der Waals surface area (Å²) in [6, 6.07) is 0. The first-order chi connectivity index (χ1) is 12.2. The molecule has 0 amide bonds. The Hall–Kier alpha value is -0.810. The van der Waals surface area contributed by atoms with Crippen LogP contribution in [0.5, 0.6) is 0 Å². The zero-order valence-corrected chi connectivity index (χ0v) is 17.1. The number of hydrogen-bond acceptors (Lipinski definition) is 2. The van der Waals surface area contributed by atoms with Crippen molar-refractivity contribution >= 4 is 5.78 Å². The SMILES string of the molecule is CC(C)(C)C#CC1CC2CC(=O)CCC2C2CCC3(C)C(O)CCC3C12. The molecule has 4 saturated carbocycles. The van der Waals surface area contributed by atoms with Crippen LogP contribution < -0.4 is 0 Å². The molecule has 0 radical (unpaired) electrons. The number of ketones is 1. The van der Waals surface area contributed by atoms with Gasteiger partial charge in [-0.25, -0.2) is 0 Å². The van der Waals surface area contributed by atoms with Gasteiger partial charge in [0.25, 0.3) is 0 Å². The summed E-state index contributed by atoms with van der Waals surface area (Å²) < 4.78 is 0. The van der Waals surface area contributed by atoms with Gasteiger partial charge in [-0.05, 0) is 94.3 Å². The highest BCUT2D eigenvalue weighted by atomic mass is 16.3. The Morgan fingerprint density at radius 1 is 1.12 bits per heavy atom. The zero-order valence-electron chi connectivity index (χ0n) is 17.1. The summed E-state index contributed by atoms with van der Waals surface area (Å²) in [4.78, 5) is 12.1. The monoisotopic (exact) mass is 356 g/mol. The van der Waals surface area contributed by atoms with E-state index >= 15 is 0 Å². The van der Waals surface area contributed by atoms with Gasteiger partial charge in [-0.15, -0.1) is 0 Å². The van der Waals surface area contributed by atoms with Crippen molar-refractivity contribution in [2.75, 3.05) is 0 Å². The van der Waals surface area contributed by atoms with E-state index in [0.717, 1.165) is 50.4 Å². The Balaban J connectivity index is 1.69. The first-order valence-electron chi connectivity index (χ1n) is 10.9. The maximum atomic E-state index is 12.1. The molecule has 144 valence electrons. The highest BCUT2D eigenvalue weighted by Crippen LogP contribution is 2.63. The van der Waals surface area contributed by atoms with Crippen LogP contribution in [0.25, 0.3) is 0 Å². The second kappa shape index (κ2) is 6.37. The number of fused-ring (bicyclic) bond motifs is 5. The van der Waals surface area contributed by atoms with Crippen LogP contribution in [0, 0.1) is 58.2 Å². The number of carbonyl (C=O) groups is 1. The number of aliphatic hydroxyl groups excluding tert-OH is 1. The normalized spacial score (nSPS) is 48.0. The minimum absolute atomic E-state index is 0.0297. The van der Waals surface area contributed by atoms with E-state index in [-0.39, 0.29) is 16.9 Å². The average Bonchev–Trinajstić information content (AvgIpc) is 2.87. The molecule has 0 aromatic heterocycles. The molecule has 0 heterocycles. The topological polar surface area (TPSA) is 37.3 Å². The lowest BCUT2D eigenvalue weighted by Gasteiger charge is -2.57. The van der Waals surface area contributed by atoms with Crippen molar-refractivity contribution in [3.05, 3.63) is 0 Å². The molecule has 8 unspecified atom stereocenters. The predicted octanol–water partition coefficient (Wildman–Crippen LogP) is 4.84. The standard InChI is InChI=1S/C24H36O2/c1-23(2,3)11-9-15-13-16-14-17(25)5-6-18(16)19-10-12-24(4)20(22(15)19)7-8-21(24)26/h15-16,18-22,26H,5-8,10,12-14H2,1-4H3. The summed E-state index contributed by atoms with van der Waals surface area (Å²) in [5, 5.41) is 10.7. The van der Waals surface area contributed by atoms with Gasteiger partial charge in [0, 0.05) is 24.2 Å². The molecule has 0 aromatic carbocycles. The number of rotatable bonds is 0. The van der Waals surface area contributed by atoms with Crippen molar-refractivity contribution in [2.24, 2.45) is 46.3 Å². The molecule has 0 bridgehead atoms. The van der Waals surface area contributed by atoms with E-state index in [4.69, 9.17) is 0 Å². The zero-order chi connectivity index (χ0) is 18.7. The number of aliphatic hydroxyl groups is 1. The first kappa shape index (κ1) is 18.5. The van der Waals surface area contributed by atoms with E-state index in [1.54, 1.807) is 0 Å². The van der Waals surface area contributed by atoms with Crippen molar-refractivity contribution in [1.82, 2.24) is 0 Å². The molecular weight excluding hydrogens is 320 g/mol. The third-order valence-corrected chi connectivity index (χ3v) is 8.39. The van der Waals surface area contributed by atoms with Crippen LogP contribution in [0.4, 0.5) is 0 Å². The third-order valence-electron chi connectivity index (χ3n) is 8.39. The van der Waals surface area contributed by atoms with E-state index in [1.165, 1.54) is 12.8 Å². The quantitative estimate of drug-likeness (QED) is 0.630. The van der Waals surface area contributed by atoms with Crippen molar-refractivity contribution < 1.29 is 9.90 Å². The smallest absolute Gasteiger partial charge is 0.133 e. The molecule has 4 aliphatic rings. The maximum Gasteiger partial charge on any atom is 0.133 e. The van der Waals surface area contributed by atoms with Crippen LogP contribution >= 0.6 is 0 Å². The Morgan fingerprint density at radius 2 is 1.88 bits per heavy atom. The molecule has 0 spiro atoms. The summed E-state index contributed by atoms with van der Waals surface area (Å²) >= 11 is 0. The van der Waals surface area contributed by atoms with Crippen LogP contribution in [-0.4, -0.2) is 17.0 Å². The summed E-state index contributed by atoms with van der Waals surface area (Å²) in [5.74, 6) is 11.4. The Bertz CT molecular complexity index is 633. The van der Waals surface area contributed by atoms with Crippen LogP contribution in [0.1, 0.15) is 79.1 Å². The van der Waals surface area contributed by atoms with Gasteiger partial charge in [0.1, 0.15) is 5.78 Å². The largest absolute Gasteiger partial charge is 0.393 e. The number of Topliss-reactive ketones (excluding diaryl/α,β-unsaturated/α-hetero) is 1. The minimum Gasteiger partial charge on any atom is -0.393 e. The van der Waals surface area contributed by atoms with E-state index in [2.05, 4.69) is 39.5 Å². The van der Waals surface area contributed by atoms with Gasteiger partial charge in [-0.2, -0.15) is 0 Å². The van der Waals surface area contributed by atoms with E-state index in [0.29, 0.717) is 29.5 Å². The van der Waals surface area contributed by atoms with Crippen LogP contribution in [0.15, 0.2) is 0 Å². The van der Waals surface area contributed by atoms with Crippen molar-refractivity contribution in [3.8, 4) is 11.8 Å². The molecule has 2 heteroatoms. The van der Waals surface area contributed by atoms with Crippen LogP contribution in [0.2, 0.25) is 0 Å². The second-order valence-electron chi connectivity index (χ2n) is 11.1. The van der Waals surface area contributed by atoms with E-state index < -0.39 is 0 Å². The number of hydrogen-bond donors (Lipinski definition) is 1. The van der Waals surface area contributed by atoms with Gasteiger partial charge in [0.05, 0.1) is 6.10 Å². The fourth-order valence-electron chi connectivity index (χ4n) is 7.15. The van der Waals surface area contributed by atoms with Gasteiger partial charge in [0.15, 0.2) is 0 Å². The molecule has 0 aliphatic heterocycles. The van der Waals surface area contributed by atoms with Crippen molar-refractivity contribution in [1.29, 1.82) is 0 Å². The fourth-order valence-corrected chi connectivity index (χ4v) is 7.15. The van der Waals surface area contributed by atoms with Gasteiger partial charge >= 0.3 is 0 Å².